The van der Waals surface area contributed by atoms with Gasteiger partial charge in [0, 0.05) is 17.0 Å². The lowest BCUT2D eigenvalue weighted by Gasteiger charge is -2.33. The van der Waals surface area contributed by atoms with Crippen molar-refractivity contribution in [2.45, 2.75) is 31.2 Å². The molecule has 0 aliphatic heterocycles. The van der Waals surface area contributed by atoms with Crippen molar-refractivity contribution in [2.75, 3.05) is 7.11 Å². The summed E-state index contributed by atoms with van der Waals surface area (Å²) in [5.41, 5.74) is 7.21. The van der Waals surface area contributed by atoms with Crippen LogP contribution in [0.25, 0.3) is 0 Å². The Labute approximate surface area is 112 Å². The van der Waals surface area contributed by atoms with E-state index in [2.05, 4.69) is 0 Å². The van der Waals surface area contributed by atoms with Gasteiger partial charge in [-0.25, -0.2) is 0 Å². The molecule has 3 atom stereocenters. The van der Waals surface area contributed by atoms with Crippen molar-refractivity contribution in [3.05, 3.63) is 34.9 Å². The average molecular weight is 268 g/mol. The SMILES string of the molecule is COC(=O)C1CCC(N)C(c2ccccc2Cl)C1. The number of halogens is 1. The summed E-state index contributed by atoms with van der Waals surface area (Å²) in [5.74, 6) is -0.0634. The number of carbonyl (C=O) groups is 1. The highest BCUT2D eigenvalue weighted by Gasteiger charge is 2.34. The molecule has 0 radical (unpaired) electrons. The van der Waals surface area contributed by atoms with Crippen molar-refractivity contribution in [1.82, 2.24) is 0 Å². The van der Waals surface area contributed by atoms with Crippen LogP contribution < -0.4 is 5.73 Å². The number of nitrogens with two attached hydrogens (primary N) is 1. The quantitative estimate of drug-likeness (QED) is 0.839. The van der Waals surface area contributed by atoms with Crippen molar-refractivity contribution in [2.24, 2.45) is 11.7 Å². The van der Waals surface area contributed by atoms with Gasteiger partial charge in [0.25, 0.3) is 0 Å². The molecule has 2 N–H and O–H groups in total. The van der Waals surface area contributed by atoms with Gasteiger partial charge in [0.1, 0.15) is 0 Å². The second-order valence-electron chi connectivity index (χ2n) is 4.82. The van der Waals surface area contributed by atoms with Gasteiger partial charge in [0.2, 0.25) is 0 Å². The first-order valence-corrected chi connectivity index (χ1v) is 6.59. The molecule has 1 aliphatic carbocycles. The Kier molecular flexibility index (Phi) is 4.25. The van der Waals surface area contributed by atoms with Crippen LogP contribution in [0.15, 0.2) is 24.3 Å². The average Bonchev–Trinajstić information content (AvgIpc) is 2.39. The van der Waals surface area contributed by atoms with E-state index in [9.17, 15) is 4.79 Å². The number of methoxy groups -OCH3 is 1. The molecular weight excluding hydrogens is 250 g/mol. The van der Waals surface area contributed by atoms with Crippen molar-refractivity contribution in [3.63, 3.8) is 0 Å². The second-order valence-corrected chi connectivity index (χ2v) is 5.23. The van der Waals surface area contributed by atoms with Crippen molar-refractivity contribution in [1.29, 1.82) is 0 Å². The molecule has 1 aromatic rings. The van der Waals surface area contributed by atoms with Crippen LogP contribution in [-0.2, 0) is 9.53 Å². The van der Waals surface area contributed by atoms with Crippen LogP contribution in [0.3, 0.4) is 0 Å². The van der Waals surface area contributed by atoms with Crippen LogP contribution in [-0.4, -0.2) is 19.1 Å². The summed E-state index contributed by atoms with van der Waals surface area (Å²) >= 11 is 6.21. The highest BCUT2D eigenvalue weighted by atomic mass is 35.5. The largest absolute Gasteiger partial charge is 0.469 e. The lowest BCUT2D eigenvalue weighted by molar-refractivity contribution is -0.146. The summed E-state index contributed by atoms with van der Waals surface area (Å²) in [4.78, 5) is 11.6. The number of hydrogen-bond donors (Lipinski definition) is 1. The van der Waals surface area contributed by atoms with E-state index in [1.54, 1.807) is 0 Å². The second kappa shape index (κ2) is 5.72. The van der Waals surface area contributed by atoms with Gasteiger partial charge < -0.3 is 10.5 Å². The molecule has 2 rings (SSSR count). The van der Waals surface area contributed by atoms with Gasteiger partial charge in [-0.3, -0.25) is 4.79 Å². The molecule has 0 spiro atoms. The van der Waals surface area contributed by atoms with Gasteiger partial charge in [-0.15, -0.1) is 0 Å². The number of esters is 1. The fourth-order valence-electron chi connectivity index (χ4n) is 2.71. The van der Waals surface area contributed by atoms with E-state index in [0.29, 0.717) is 0 Å². The highest BCUT2D eigenvalue weighted by Crippen LogP contribution is 2.38. The first kappa shape index (κ1) is 13.4. The van der Waals surface area contributed by atoms with Crippen LogP contribution >= 0.6 is 11.6 Å². The van der Waals surface area contributed by atoms with E-state index in [1.165, 1.54) is 7.11 Å². The van der Waals surface area contributed by atoms with Crippen LogP contribution in [0.4, 0.5) is 0 Å². The molecule has 1 aliphatic rings. The number of hydrogen-bond acceptors (Lipinski definition) is 3. The third-order valence-corrected chi connectivity index (χ3v) is 4.09. The van der Waals surface area contributed by atoms with Crippen LogP contribution in [0.2, 0.25) is 5.02 Å². The Morgan fingerprint density at radius 1 is 1.39 bits per heavy atom. The van der Waals surface area contributed by atoms with Crippen molar-refractivity contribution >= 4 is 17.6 Å². The van der Waals surface area contributed by atoms with E-state index in [4.69, 9.17) is 22.1 Å². The number of benzene rings is 1. The summed E-state index contributed by atoms with van der Waals surface area (Å²) < 4.78 is 4.83. The zero-order valence-electron chi connectivity index (χ0n) is 10.4. The van der Waals surface area contributed by atoms with Crippen LogP contribution in [0, 0.1) is 5.92 Å². The highest BCUT2D eigenvalue weighted by molar-refractivity contribution is 6.31. The molecule has 98 valence electrons. The standard InChI is InChI=1S/C14H18ClNO2/c1-18-14(17)9-6-7-13(16)11(8-9)10-4-2-3-5-12(10)15/h2-5,9,11,13H,6-8,16H2,1H3. The summed E-state index contributed by atoms with van der Waals surface area (Å²) in [7, 11) is 1.43. The minimum atomic E-state index is -0.140. The van der Waals surface area contributed by atoms with Crippen molar-refractivity contribution < 1.29 is 9.53 Å². The molecule has 4 heteroatoms. The topological polar surface area (TPSA) is 52.3 Å². The first-order chi connectivity index (χ1) is 8.63. The monoisotopic (exact) mass is 267 g/mol. The lowest BCUT2D eigenvalue weighted by atomic mass is 9.75. The number of rotatable bonds is 2. The maximum Gasteiger partial charge on any atom is 0.308 e. The van der Waals surface area contributed by atoms with Crippen molar-refractivity contribution in [3.8, 4) is 0 Å². The van der Waals surface area contributed by atoms with Crippen LogP contribution in [0.5, 0.6) is 0 Å². The molecular formula is C14H18ClNO2. The molecule has 0 bridgehead atoms. The summed E-state index contributed by atoms with van der Waals surface area (Å²) in [5, 5.41) is 0.725. The third-order valence-electron chi connectivity index (χ3n) is 3.74. The molecule has 3 unspecified atom stereocenters. The van der Waals surface area contributed by atoms with Gasteiger partial charge in [-0.1, -0.05) is 29.8 Å². The fraction of sp³-hybridized carbons (Fsp3) is 0.500. The summed E-state index contributed by atoms with van der Waals surface area (Å²) in [6.07, 6.45) is 2.35. The van der Waals surface area contributed by atoms with Gasteiger partial charge >= 0.3 is 5.97 Å². The molecule has 18 heavy (non-hydrogen) atoms. The Balaban J connectivity index is 2.20. The van der Waals surface area contributed by atoms with Gasteiger partial charge in [-0.2, -0.15) is 0 Å². The minimum Gasteiger partial charge on any atom is -0.469 e. The molecule has 0 saturated heterocycles. The summed E-state index contributed by atoms with van der Waals surface area (Å²) in [6, 6.07) is 7.77. The maximum atomic E-state index is 11.6. The van der Waals surface area contributed by atoms with Gasteiger partial charge in [0.05, 0.1) is 13.0 Å². The van der Waals surface area contributed by atoms with E-state index in [0.717, 1.165) is 29.8 Å². The third kappa shape index (κ3) is 2.68. The Hall–Kier alpha value is -1.06. The smallest absolute Gasteiger partial charge is 0.308 e. The normalized spacial score (nSPS) is 27.8. The first-order valence-electron chi connectivity index (χ1n) is 6.21. The molecule has 1 aromatic carbocycles. The molecule has 3 nitrogen and oxygen atoms in total. The molecule has 0 heterocycles. The Morgan fingerprint density at radius 3 is 2.78 bits per heavy atom. The van der Waals surface area contributed by atoms with E-state index in [-0.39, 0.29) is 23.8 Å². The maximum absolute atomic E-state index is 11.6. The predicted molar refractivity (Wildman–Crippen MR) is 71.5 cm³/mol. The molecule has 0 aromatic heterocycles. The summed E-state index contributed by atoms with van der Waals surface area (Å²) in [6.45, 7) is 0. The van der Waals surface area contributed by atoms with Gasteiger partial charge in [-0.05, 0) is 30.9 Å². The fourth-order valence-corrected chi connectivity index (χ4v) is 2.98. The van der Waals surface area contributed by atoms with Gasteiger partial charge in [0.15, 0.2) is 0 Å². The number of carbonyl (C=O) groups excluding carboxylic acids is 1. The molecule has 1 saturated carbocycles. The zero-order valence-corrected chi connectivity index (χ0v) is 11.2. The van der Waals surface area contributed by atoms with E-state index < -0.39 is 0 Å². The lowest BCUT2D eigenvalue weighted by Crippen LogP contribution is -2.37. The predicted octanol–water partition coefficient (Wildman–Crippen LogP) is 2.72. The molecule has 1 fully saturated rings. The number of ether oxygens (including phenoxy) is 1. The Bertz CT molecular complexity index is 436. The molecule has 0 amide bonds. The zero-order chi connectivity index (χ0) is 13.1. The minimum absolute atomic E-state index is 0.0592. The van der Waals surface area contributed by atoms with E-state index >= 15 is 0 Å². The van der Waals surface area contributed by atoms with Crippen LogP contribution in [0.1, 0.15) is 30.7 Å². The van der Waals surface area contributed by atoms with E-state index in [1.807, 2.05) is 24.3 Å². The Morgan fingerprint density at radius 2 is 2.11 bits per heavy atom.